The van der Waals surface area contributed by atoms with E-state index < -0.39 is 0 Å². The fourth-order valence-corrected chi connectivity index (χ4v) is 3.63. The summed E-state index contributed by atoms with van der Waals surface area (Å²) >= 11 is 7.73. The van der Waals surface area contributed by atoms with Crippen LogP contribution in [0.5, 0.6) is 0 Å². The van der Waals surface area contributed by atoms with Gasteiger partial charge in [-0.3, -0.25) is 0 Å². The van der Waals surface area contributed by atoms with Crippen LogP contribution in [0.1, 0.15) is 35.0 Å². The highest BCUT2D eigenvalue weighted by Gasteiger charge is 2.21. The maximum Gasteiger partial charge on any atom is 0.224 e. The number of halogens is 1. The quantitative estimate of drug-likeness (QED) is 0.845. The Morgan fingerprint density at radius 2 is 2.33 bits per heavy atom. The molecule has 1 aliphatic carbocycles. The molecule has 2 aromatic rings. The number of fused-ring (bicyclic) bond motifs is 1. The molecule has 0 bridgehead atoms. The van der Waals surface area contributed by atoms with Gasteiger partial charge in [0.2, 0.25) is 5.28 Å². The molecule has 1 aliphatic rings. The Kier molecular flexibility index (Phi) is 3.22. The van der Waals surface area contributed by atoms with Gasteiger partial charge in [0, 0.05) is 16.6 Å². The first-order valence-electron chi connectivity index (χ1n) is 6.06. The second kappa shape index (κ2) is 4.86. The lowest BCUT2D eigenvalue weighted by molar-refractivity contribution is 0.606. The molecule has 18 heavy (non-hydrogen) atoms. The van der Waals surface area contributed by atoms with Crippen molar-refractivity contribution in [2.75, 3.05) is 5.32 Å². The zero-order valence-corrected chi connectivity index (χ0v) is 11.7. The van der Waals surface area contributed by atoms with Crippen molar-refractivity contribution in [1.29, 1.82) is 0 Å². The molecule has 2 heterocycles. The second-order valence-corrected chi connectivity index (χ2v) is 5.89. The fraction of sp³-hybridized carbons (Fsp3) is 0.385. The van der Waals surface area contributed by atoms with Gasteiger partial charge >= 0.3 is 0 Å². The van der Waals surface area contributed by atoms with E-state index in [9.17, 15) is 0 Å². The monoisotopic (exact) mass is 279 g/mol. The Balaban J connectivity index is 1.86. The number of aryl methyl sites for hydroxylation is 2. The Labute approximate surface area is 115 Å². The number of anilines is 1. The Bertz CT molecular complexity index is 547. The summed E-state index contributed by atoms with van der Waals surface area (Å²) in [5.41, 5.74) is 2.30. The number of hydrogen-bond acceptors (Lipinski definition) is 4. The normalized spacial score (nSPS) is 18.4. The van der Waals surface area contributed by atoms with Gasteiger partial charge in [0.1, 0.15) is 5.82 Å². The highest BCUT2D eigenvalue weighted by atomic mass is 35.5. The first-order valence-corrected chi connectivity index (χ1v) is 7.32. The fourth-order valence-electron chi connectivity index (χ4n) is 2.42. The molecule has 94 valence electrons. The van der Waals surface area contributed by atoms with E-state index in [1.807, 2.05) is 24.3 Å². The third-order valence-electron chi connectivity index (χ3n) is 3.20. The molecule has 0 spiro atoms. The molecule has 0 radical (unpaired) electrons. The average molecular weight is 280 g/mol. The third kappa shape index (κ3) is 2.35. The van der Waals surface area contributed by atoms with Gasteiger partial charge in [0.25, 0.3) is 0 Å². The first-order chi connectivity index (χ1) is 8.72. The lowest BCUT2D eigenvalue weighted by Crippen LogP contribution is -2.16. The summed E-state index contributed by atoms with van der Waals surface area (Å²) in [6.45, 7) is 1.93. The summed E-state index contributed by atoms with van der Waals surface area (Å²) in [4.78, 5) is 9.81. The third-order valence-corrected chi connectivity index (χ3v) is 4.37. The van der Waals surface area contributed by atoms with Crippen LogP contribution in [0.3, 0.4) is 0 Å². The molecule has 2 aromatic heterocycles. The van der Waals surface area contributed by atoms with Crippen molar-refractivity contribution < 1.29 is 0 Å². The number of rotatable bonds is 2. The van der Waals surface area contributed by atoms with Gasteiger partial charge in [-0.25, -0.2) is 9.97 Å². The van der Waals surface area contributed by atoms with E-state index in [0.717, 1.165) is 17.9 Å². The Hall–Kier alpha value is -1.13. The first kappa shape index (κ1) is 11.9. The zero-order valence-electron chi connectivity index (χ0n) is 10.1. The van der Waals surface area contributed by atoms with Crippen LogP contribution in [0.25, 0.3) is 0 Å². The summed E-state index contributed by atoms with van der Waals surface area (Å²) in [5.74, 6) is 0.816. The minimum absolute atomic E-state index is 0.304. The van der Waals surface area contributed by atoms with Crippen LogP contribution in [-0.2, 0) is 6.42 Å². The van der Waals surface area contributed by atoms with Gasteiger partial charge < -0.3 is 5.32 Å². The van der Waals surface area contributed by atoms with Crippen LogP contribution in [0.2, 0.25) is 5.28 Å². The molecule has 0 aliphatic heterocycles. The van der Waals surface area contributed by atoms with E-state index in [4.69, 9.17) is 11.6 Å². The average Bonchev–Trinajstić information content (AvgIpc) is 2.76. The maximum atomic E-state index is 5.89. The maximum absolute atomic E-state index is 5.89. The molecule has 0 amide bonds. The van der Waals surface area contributed by atoms with Gasteiger partial charge in [-0.05, 0) is 54.8 Å². The molecule has 0 aromatic carbocycles. The predicted octanol–water partition coefficient (Wildman–Crippen LogP) is 3.99. The standard InChI is InChI=1S/C13H14ClN3S/c1-8-7-12(17-13(14)15-8)16-10-3-2-4-11-9(10)5-6-18-11/h5-7,10H,2-4H2,1H3,(H,15,16,17). The summed E-state index contributed by atoms with van der Waals surface area (Å²) in [7, 11) is 0. The molecule has 3 rings (SSSR count). The van der Waals surface area contributed by atoms with E-state index >= 15 is 0 Å². The van der Waals surface area contributed by atoms with Gasteiger partial charge in [-0.1, -0.05) is 0 Å². The molecule has 1 atom stereocenters. The van der Waals surface area contributed by atoms with Crippen LogP contribution in [0, 0.1) is 6.92 Å². The van der Waals surface area contributed by atoms with E-state index in [0.29, 0.717) is 11.3 Å². The van der Waals surface area contributed by atoms with Crippen LogP contribution in [-0.4, -0.2) is 9.97 Å². The summed E-state index contributed by atoms with van der Waals surface area (Å²) < 4.78 is 0. The number of aromatic nitrogens is 2. The number of hydrogen-bond donors (Lipinski definition) is 1. The lowest BCUT2D eigenvalue weighted by Gasteiger charge is -2.24. The minimum atomic E-state index is 0.304. The minimum Gasteiger partial charge on any atom is -0.363 e. The molecule has 1 unspecified atom stereocenters. The van der Waals surface area contributed by atoms with Crippen molar-refractivity contribution in [3.63, 3.8) is 0 Å². The largest absolute Gasteiger partial charge is 0.363 e. The molecule has 0 saturated carbocycles. The van der Waals surface area contributed by atoms with Crippen molar-refractivity contribution in [3.8, 4) is 0 Å². The highest BCUT2D eigenvalue weighted by molar-refractivity contribution is 7.10. The topological polar surface area (TPSA) is 37.8 Å². The SMILES string of the molecule is Cc1cc(NC2CCCc3sccc32)nc(Cl)n1. The molecule has 3 nitrogen and oxygen atoms in total. The van der Waals surface area contributed by atoms with Crippen LogP contribution >= 0.6 is 22.9 Å². The van der Waals surface area contributed by atoms with Gasteiger partial charge in [0.15, 0.2) is 0 Å². The molecular weight excluding hydrogens is 266 g/mol. The van der Waals surface area contributed by atoms with E-state index in [1.165, 1.54) is 23.3 Å². The van der Waals surface area contributed by atoms with Crippen molar-refractivity contribution in [2.24, 2.45) is 0 Å². The molecule has 5 heteroatoms. The number of nitrogens with zero attached hydrogens (tertiary/aromatic N) is 2. The van der Waals surface area contributed by atoms with Crippen LogP contribution in [0.4, 0.5) is 5.82 Å². The molecule has 1 N–H and O–H groups in total. The highest BCUT2D eigenvalue weighted by Crippen LogP contribution is 2.35. The number of nitrogens with one attached hydrogen (secondary N) is 1. The lowest BCUT2D eigenvalue weighted by atomic mass is 9.94. The Morgan fingerprint density at radius 1 is 1.44 bits per heavy atom. The second-order valence-electron chi connectivity index (χ2n) is 4.55. The van der Waals surface area contributed by atoms with Gasteiger partial charge in [-0.2, -0.15) is 0 Å². The van der Waals surface area contributed by atoms with Crippen molar-refractivity contribution in [2.45, 2.75) is 32.2 Å². The van der Waals surface area contributed by atoms with Crippen molar-refractivity contribution in [1.82, 2.24) is 9.97 Å². The van der Waals surface area contributed by atoms with Crippen molar-refractivity contribution >= 4 is 28.8 Å². The zero-order chi connectivity index (χ0) is 12.5. The van der Waals surface area contributed by atoms with E-state index in [1.54, 1.807) is 0 Å². The van der Waals surface area contributed by atoms with E-state index in [2.05, 4.69) is 26.7 Å². The smallest absolute Gasteiger partial charge is 0.224 e. The summed E-state index contributed by atoms with van der Waals surface area (Å²) in [5, 5.41) is 5.95. The summed E-state index contributed by atoms with van der Waals surface area (Å²) in [6.07, 6.45) is 3.57. The predicted molar refractivity (Wildman–Crippen MR) is 75.4 cm³/mol. The molecule has 0 saturated heterocycles. The van der Waals surface area contributed by atoms with Crippen molar-refractivity contribution in [3.05, 3.63) is 38.9 Å². The van der Waals surface area contributed by atoms with Crippen LogP contribution in [0.15, 0.2) is 17.5 Å². The summed E-state index contributed by atoms with van der Waals surface area (Å²) in [6, 6.07) is 4.50. The van der Waals surface area contributed by atoms with Gasteiger partial charge in [0.05, 0.1) is 6.04 Å². The molecular formula is C13H14ClN3S. The molecule has 0 fully saturated rings. The van der Waals surface area contributed by atoms with Crippen LogP contribution < -0.4 is 5.32 Å². The number of thiophene rings is 1. The Morgan fingerprint density at radius 3 is 3.17 bits per heavy atom. The van der Waals surface area contributed by atoms with E-state index in [-0.39, 0.29) is 0 Å². The van der Waals surface area contributed by atoms with Gasteiger partial charge in [-0.15, -0.1) is 11.3 Å².